The van der Waals surface area contributed by atoms with Gasteiger partial charge in [-0.2, -0.15) is 0 Å². The van der Waals surface area contributed by atoms with Gasteiger partial charge in [-0.3, -0.25) is 0 Å². The van der Waals surface area contributed by atoms with E-state index >= 15 is 0 Å². The smallest absolute Gasteiger partial charge is 0.134 e. The van der Waals surface area contributed by atoms with E-state index in [0.29, 0.717) is 6.04 Å². The van der Waals surface area contributed by atoms with Crippen molar-refractivity contribution in [2.24, 2.45) is 11.8 Å². The molecule has 1 aromatic rings. The highest BCUT2D eigenvalue weighted by molar-refractivity contribution is 5.56. The number of aromatic nitrogens is 2. The van der Waals surface area contributed by atoms with E-state index in [2.05, 4.69) is 27.5 Å². The zero-order valence-corrected chi connectivity index (χ0v) is 10.5. The largest absolute Gasteiger partial charge is 0.373 e. The van der Waals surface area contributed by atoms with Crippen LogP contribution in [0.5, 0.6) is 0 Å². The number of rotatable bonds is 3. The summed E-state index contributed by atoms with van der Waals surface area (Å²) in [5, 5.41) is 6.73. The van der Waals surface area contributed by atoms with E-state index in [1.54, 1.807) is 6.33 Å². The Morgan fingerprint density at radius 3 is 2.65 bits per heavy atom. The molecule has 3 atom stereocenters. The van der Waals surface area contributed by atoms with Crippen molar-refractivity contribution in [2.45, 2.75) is 38.6 Å². The summed E-state index contributed by atoms with van der Waals surface area (Å²) in [6.07, 6.45) is 7.21. The Morgan fingerprint density at radius 1 is 1.18 bits per heavy atom. The fourth-order valence-electron chi connectivity index (χ4n) is 3.44. The molecule has 3 rings (SSSR count). The Labute approximate surface area is 102 Å². The number of hydrogen-bond acceptors (Lipinski definition) is 4. The van der Waals surface area contributed by atoms with Crippen LogP contribution in [0.2, 0.25) is 0 Å². The molecule has 0 amide bonds. The third kappa shape index (κ3) is 1.85. The minimum atomic E-state index is 0.632. The first-order chi connectivity index (χ1) is 8.28. The summed E-state index contributed by atoms with van der Waals surface area (Å²) in [4.78, 5) is 8.59. The van der Waals surface area contributed by atoms with Crippen molar-refractivity contribution in [2.75, 3.05) is 17.7 Å². The van der Waals surface area contributed by atoms with Crippen molar-refractivity contribution in [1.82, 2.24) is 9.97 Å². The molecular formula is C13H20N4. The van der Waals surface area contributed by atoms with Gasteiger partial charge in [0.1, 0.15) is 18.0 Å². The van der Waals surface area contributed by atoms with Crippen LogP contribution in [0.25, 0.3) is 0 Å². The molecule has 92 valence electrons. The van der Waals surface area contributed by atoms with E-state index in [1.807, 2.05) is 7.05 Å². The van der Waals surface area contributed by atoms with Crippen LogP contribution in [0.3, 0.4) is 0 Å². The molecule has 2 aliphatic carbocycles. The fraction of sp³-hybridized carbons (Fsp3) is 0.692. The van der Waals surface area contributed by atoms with Crippen molar-refractivity contribution >= 4 is 11.6 Å². The lowest BCUT2D eigenvalue weighted by atomic mass is 9.95. The summed E-state index contributed by atoms with van der Waals surface area (Å²) in [6.45, 7) is 2.07. The van der Waals surface area contributed by atoms with Gasteiger partial charge in [-0.15, -0.1) is 0 Å². The number of hydrogen-bond donors (Lipinski definition) is 2. The van der Waals surface area contributed by atoms with Crippen molar-refractivity contribution in [1.29, 1.82) is 0 Å². The normalized spacial score (nSPS) is 30.6. The molecular weight excluding hydrogens is 212 g/mol. The lowest BCUT2D eigenvalue weighted by Crippen LogP contribution is -2.27. The summed E-state index contributed by atoms with van der Waals surface area (Å²) in [6, 6.07) is 0.632. The van der Waals surface area contributed by atoms with E-state index in [0.717, 1.165) is 29.0 Å². The maximum atomic E-state index is 4.37. The average molecular weight is 232 g/mol. The minimum Gasteiger partial charge on any atom is -0.373 e. The van der Waals surface area contributed by atoms with Crippen molar-refractivity contribution < 1.29 is 0 Å². The van der Waals surface area contributed by atoms with Gasteiger partial charge in [0.2, 0.25) is 0 Å². The zero-order chi connectivity index (χ0) is 11.8. The van der Waals surface area contributed by atoms with Crippen molar-refractivity contribution in [3.63, 3.8) is 0 Å². The molecule has 0 aromatic carbocycles. The van der Waals surface area contributed by atoms with Crippen LogP contribution in [0, 0.1) is 18.8 Å². The van der Waals surface area contributed by atoms with Crippen LogP contribution in [0.1, 0.15) is 31.2 Å². The van der Waals surface area contributed by atoms with E-state index in [9.17, 15) is 0 Å². The van der Waals surface area contributed by atoms with E-state index < -0.39 is 0 Å². The quantitative estimate of drug-likeness (QED) is 0.840. The van der Waals surface area contributed by atoms with Gasteiger partial charge in [-0.25, -0.2) is 9.97 Å². The maximum Gasteiger partial charge on any atom is 0.134 e. The number of nitrogens with one attached hydrogen (secondary N) is 2. The summed E-state index contributed by atoms with van der Waals surface area (Å²) in [5.74, 6) is 3.75. The molecule has 1 heterocycles. The monoisotopic (exact) mass is 232 g/mol. The molecule has 1 aromatic heterocycles. The van der Waals surface area contributed by atoms with Gasteiger partial charge in [0.05, 0.1) is 0 Å². The highest BCUT2D eigenvalue weighted by atomic mass is 15.1. The molecule has 2 N–H and O–H groups in total. The molecule has 3 unspecified atom stereocenters. The first kappa shape index (κ1) is 10.8. The maximum absolute atomic E-state index is 4.37. The summed E-state index contributed by atoms with van der Waals surface area (Å²) >= 11 is 0. The van der Waals surface area contributed by atoms with Crippen molar-refractivity contribution in [3.05, 3.63) is 11.9 Å². The van der Waals surface area contributed by atoms with Gasteiger partial charge in [0, 0.05) is 18.7 Å². The summed E-state index contributed by atoms with van der Waals surface area (Å²) in [7, 11) is 1.90. The van der Waals surface area contributed by atoms with E-state index in [-0.39, 0.29) is 0 Å². The predicted octanol–water partition coefficient (Wildman–Crippen LogP) is 2.43. The Kier molecular flexibility index (Phi) is 2.65. The minimum absolute atomic E-state index is 0.632. The molecule has 2 fully saturated rings. The molecule has 4 heteroatoms. The van der Waals surface area contributed by atoms with Crippen LogP contribution >= 0.6 is 0 Å². The summed E-state index contributed by atoms with van der Waals surface area (Å²) in [5.41, 5.74) is 1.12. The zero-order valence-electron chi connectivity index (χ0n) is 10.5. The van der Waals surface area contributed by atoms with Crippen LogP contribution in [-0.2, 0) is 0 Å². The molecule has 17 heavy (non-hydrogen) atoms. The molecule has 0 radical (unpaired) electrons. The Hall–Kier alpha value is -1.32. The highest BCUT2D eigenvalue weighted by Crippen LogP contribution is 2.45. The standard InChI is InChI=1S/C13H20N4/c1-8-12(14-2)15-7-16-13(8)17-11-6-9-3-4-10(11)5-9/h7,9-11H,3-6H2,1-2H3,(H2,14,15,16,17). The van der Waals surface area contributed by atoms with E-state index in [4.69, 9.17) is 0 Å². The van der Waals surface area contributed by atoms with Crippen LogP contribution in [0.4, 0.5) is 11.6 Å². The Balaban J connectivity index is 1.77. The van der Waals surface area contributed by atoms with Gasteiger partial charge < -0.3 is 10.6 Å². The third-order valence-electron chi connectivity index (χ3n) is 4.38. The van der Waals surface area contributed by atoms with E-state index in [1.165, 1.54) is 25.7 Å². The van der Waals surface area contributed by atoms with Crippen molar-refractivity contribution in [3.8, 4) is 0 Å². The molecule has 0 spiro atoms. The Bertz CT molecular complexity index is 418. The van der Waals surface area contributed by atoms with Crippen LogP contribution in [-0.4, -0.2) is 23.1 Å². The third-order valence-corrected chi connectivity index (χ3v) is 4.38. The second-order valence-corrected chi connectivity index (χ2v) is 5.37. The van der Waals surface area contributed by atoms with Gasteiger partial charge >= 0.3 is 0 Å². The van der Waals surface area contributed by atoms with Gasteiger partial charge in [-0.1, -0.05) is 6.42 Å². The predicted molar refractivity (Wildman–Crippen MR) is 69.2 cm³/mol. The second-order valence-electron chi connectivity index (χ2n) is 5.37. The molecule has 0 saturated heterocycles. The van der Waals surface area contributed by atoms with Crippen LogP contribution in [0.15, 0.2) is 6.33 Å². The fourth-order valence-corrected chi connectivity index (χ4v) is 3.44. The molecule has 2 bridgehead atoms. The number of anilines is 2. The Morgan fingerprint density at radius 2 is 2.00 bits per heavy atom. The molecule has 0 aliphatic heterocycles. The number of nitrogens with zero attached hydrogens (tertiary/aromatic N) is 2. The molecule has 2 saturated carbocycles. The van der Waals surface area contributed by atoms with Gasteiger partial charge in [0.25, 0.3) is 0 Å². The highest BCUT2D eigenvalue weighted by Gasteiger charge is 2.39. The van der Waals surface area contributed by atoms with Gasteiger partial charge in [0.15, 0.2) is 0 Å². The molecule has 2 aliphatic rings. The summed E-state index contributed by atoms with van der Waals surface area (Å²) < 4.78 is 0. The topological polar surface area (TPSA) is 49.8 Å². The first-order valence-corrected chi connectivity index (χ1v) is 6.54. The average Bonchev–Trinajstić information content (AvgIpc) is 2.94. The lowest BCUT2D eigenvalue weighted by molar-refractivity contribution is 0.438. The lowest BCUT2D eigenvalue weighted by Gasteiger charge is -2.24. The van der Waals surface area contributed by atoms with Gasteiger partial charge in [-0.05, 0) is 38.0 Å². The number of fused-ring (bicyclic) bond motifs is 2. The SMILES string of the molecule is CNc1ncnc(NC2CC3CCC2C3)c1C. The van der Waals surface area contributed by atoms with Crippen LogP contribution < -0.4 is 10.6 Å². The second kappa shape index (κ2) is 4.17. The first-order valence-electron chi connectivity index (χ1n) is 6.54. The molecule has 4 nitrogen and oxygen atoms in total.